The summed E-state index contributed by atoms with van der Waals surface area (Å²) in [5, 5.41) is 3.17. The van der Waals surface area contributed by atoms with Crippen molar-refractivity contribution >= 4 is 34.9 Å². The quantitative estimate of drug-likeness (QED) is 0.737. The Hall–Kier alpha value is -2.08. The highest BCUT2D eigenvalue weighted by atomic mass is 35.5. The summed E-state index contributed by atoms with van der Waals surface area (Å²) < 4.78 is 0. The number of hydrogen-bond acceptors (Lipinski definition) is 4. The molecule has 0 aliphatic carbocycles. The lowest BCUT2D eigenvalue weighted by molar-refractivity contribution is -0.141. The van der Waals surface area contributed by atoms with E-state index >= 15 is 0 Å². The number of nitrogens with one attached hydrogen (secondary N) is 1. The number of carbonyl (C=O) groups excluding carboxylic acids is 3. The molecular formula is C19H26ClN3O3. The molecule has 6 nitrogen and oxygen atoms in total. The number of amides is 2. The van der Waals surface area contributed by atoms with E-state index in [1.54, 1.807) is 4.90 Å². The van der Waals surface area contributed by atoms with Crippen LogP contribution in [0, 0.1) is 5.92 Å². The molecular weight excluding hydrogens is 354 g/mol. The molecule has 1 aromatic carbocycles. The van der Waals surface area contributed by atoms with Crippen LogP contribution in [0.3, 0.4) is 0 Å². The minimum absolute atomic E-state index is 0.133. The Labute approximate surface area is 159 Å². The van der Waals surface area contributed by atoms with Crippen LogP contribution in [0.5, 0.6) is 0 Å². The maximum absolute atomic E-state index is 12.3. The zero-order valence-electron chi connectivity index (χ0n) is 15.3. The van der Waals surface area contributed by atoms with Crippen molar-refractivity contribution in [2.24, 2.45) is 5.92 Å². The van der Waals surface area contributed by atoms with Crippen molar-refractivity contribution in [1.82, 2.24) is 10.2 Å². The summed E-state index contributed by atoms with van der Waals surface area (Å²) in [5.74, 6) is -1.53. The van der Waals surface area contributed by atoms with E-state index in [9.17, 15) is 14.4 Å². The molecule has 1 saturated heterocycles. The number of nitrogens with zero attached hydrogens (tertiary/aromatic N) is 2. The van der Waals surface area contributed by atoms with Crippen LogP contribution in [0.2, 0.25) is 5.02 Å². The summed E-state index contributed by atoms with van der Waals surface area (Å²) in [5.41, 5.74) is 1.07. The first-order valence-corrected chi connectivity index (χ1v) is 9.44. The summed E-state index contributed by atoms with van der Waals surface area (Å²) in [7, 11) is 0. The molecule has 1 N–H and O–H groups in total. The van der Waals surface area contributed by atoms with E-state index in [2.05, 4.69) is 10.2 Å². The van der Waals surface area contributed by atoms with E-state index in [1.165, 1.54) is 0 Å². The van der Waals surface area contributed by atoms with Crippen LogP contribution in [-0.2, 0) is 14.4 Å². The number of hydrogen-bond donors (Lipinski definition) is 1. The number of anilines is 1. The largest absolute Gasteiger partial charge is 0.368 e. The van der Waals surface area contributed by atoms with E-state index in [0.29, 0.717) is 44.0 Å². The summed E-state index contributed by atoms with van der Waals surface area (Å²) in [6.07, 6.45) is 1.26. The fourth-order valence-corrected chi connectivity index (χ4v) is 3.19. The van der Waals surface area contributed by atoms with Crippen LogP contribution < -0.4 is 10.2 Å². The molecule has 2 amide bonds. The van der Waals surface area contributed by atoms with E-state index in [4.69, 9.17) is 11.6 Å². The second kappa shape index (κ2) is 9.57. The third-order valence-corrected chi connectivity index (χ3v) is 5.06. The lowest BCUT2D eigenvalue weighted by atomic mass is 9.98. The van der Waals surface area contributed by atoms with Crippen molar-refractivity contribution in [3.63, 3.8) is 0 Å². The van der Waals surface area contributed by atoms with Crippen LogP contribution in [-0.4, -0.2) is 55.2 Å². The molecule has 0 atom stereocenters. The maximum atomic E-state index is 12.3. The number of benzene rings is 1. The molecule has 1 aliphatic rings. The van der Waals surface area contributed by atoms with Gasteiger partial charge in [-0.3, -0.25) is 14.4 Å². The standard InChI is InChI=1S/C19H26ClN3O3/c1-3-14(4-2)18(25)19(26)21-13-17(24)23-11-9-22(10-12-23)16-7-5-15(20)6-8-16/h5-8,14H,3-4,9-13H2,1-2H3,(H,21,26). The topological polar surface area (TPSA) is 69.7 Å². The van der Waals surface area contributed by atoms with Gasteiger partial charge in [-0.25, -0.2) is 0 Å². The highest BCUT2D eigenvalue weighted by Gasteiger charge is 2.25. The van der Waals surface area contributed by atoms with Gasteiger partial charge in [-0.2, -0.15) is 0 Å². The van der Waals surface area contributed by atoms with Gasteiger partial charge >= 0.3 is 0 Å². The molecule has 1 fully saturated rings. The summed E-state index contributed by atoms with van der Waals surface area (Å²) >= 11 is 5.91. The Balaban J connectivity index is 1.78. The van der Waals surface area contributed by atoms with E-state index in [0.717, 1.165) is 5.69 Å². The number of rotatable bonds is 7. The van der Waals surface area contributed by atoms with Crippen molar-refractivity contribution in [2.75, 3.05) is 37.6 Å². The molecule has 1 aromatic rings. The number of carbonyl (C=O) groups is 3. The maximum Gasteiger partial charge on any atom is 0.288 e. The van der Waals surface area contributed by atoms with Crippen molar-refractivity contribution in [2.45, 2.75) is 26.7 Å². The van der Waals surface area contributed by atoms with E-state index < -0.39 is 11.7 Å². The Morgan fingerprint density at radius 2 is 1.62 bits per heavy atom. The predicted octanol–water partition coefficient (Wildman–Crippen LogP) is 2.11. The van der Waals surface area contributed by atoms with Gasteiger partial charge < -0.3 is 15.1 Å². The van der Waals surface area contributed by atoms with Crippen molar-refractivity contribution in [1.29, 1.82) is 0 Å². The smallest absolute Gasteiger partial charge is 0.288 e. The number of Topliss-reactive ketones (excluding diaryl/α,β-unsaturated/α-hetero) is 1. The van der Waals surface area contributed by atoms with Gasteiger partial charge in [0.15, 0.2) is 0 Å². The molecule has 1 aliphatic heterocycles. The van der Waals surface area contributed by atoms with Crippen molar-refractivity contribution in [3.05, 3.63) is 29.3 Å². The van der Waals surface area contributed by atoms with E-state index in [-0.39, 0.29) is 18.4 Å². The summed E-state index contributed by atoms with van der Waals surface area (Å²) in [4.78, 5) is 40.1. The van der Waals surface area contributed by atoms with Gasteiger partial charge in [-0.05, 0) is 37.1 Å². The predicted molar refractivity (Wildman–Crippen MR) is 102 cm³/mol. The second-order valence-electron chi connectivity index (χ2n) is 6.40. The molecule has 142 valence electrons. The minimum atomic E-state index is -0.660. The summed E-state index contributed by atoms with van der Waals surface area (Å²) in [6, 6.07) is 7.62. The van der Waals surface area contributed by atoms with Gasteiger partial charge in [0.25, 0.3) is 5.91 Å². The van der Waals surface area contributed by atoms with Gasteiger partial charge in [0.2, 0.25) is 11.7 Å². The fraction of sp³-hybridized carbons (Fsp3) is 0.526. The molecule has 0 spiro atoms. The van der Waals surface area contributed by atoms with Crippen molar-refractivity contribution < 1.29 is 14.4 Å². The van der Waals surface area contributed by atoms with Crippen LogP contribution in [0.15, 0.2) is 24.3 Å². The summed E-state index contributed by atoms with van der Waals surface area (Å²) in [6.45, 7) is 6.22. The third kappa shape index (κ3) is 5.21. The van der Waals surface area contributed by atoms with Crippen molar-refractivity contribution in [3.8, 4) is 0 Å². The fourth-order valence-electron chi connectivity index (χ4n) is 3.07. The molecule has 0 unspecified atom stereocenters. The number of halogens is 1. The first-order chi connectivity index (χ1) is 12.5. The Morgan fingerprint density at radius 1 is 1.04 bits per heavy atom. The zero-order valence-corrected chi connectivity index (χ0v) is 16.1. The Bertz CT molecular complexity index is 636. The SMILES string of the molecule is CCC(CC)C(=O)C(=O)NCC(=O)N1CCN(c2ccc(Cl)cc2)CC1. The first kappa shape index (κ1) is 20.2. The molecule has 0 radical (unpaired) electrons. The number of piperazine rings is 1. The average Bonchev–Trinajstić information content (AvgIpc) is 2.67. The number of ketones is 1. The van der Waals surface area contributed by atoms with Crippen LogP contribution >= 0.6 is 11.6 Å². The van der Waals surface area contributed by atoms with Gasteiger partial charge in [0.1, 0.15) is 0 Å². The van der Waals surface area contributed by atoms with Gasteiger partial charge in [0, 0.05) is 42.8 Å². The molecule has 26 heavy (non-hydrogen) atoms. The Kier molecular flexibility index (Phi) is 7.45. The molecule has 1 heterocycles. The first-order valence-electron chi connectivity index (χ1n) is 9.06. The molecule has 0 aromatic heterocycles. The lowest BCUT2D eigenvalue weighted by Gasteiger charge is -2.36. The van der Waals surface area contributed by atoms with E-state index in [1.807, 2.05) is 38.1 Å². The van der Waals surface area contributed by atoms with Crippen LogP contribution in [0.25, 0.3) is 0 Å². The molecule has 7 heteroatoms. The van der Waals surface area contributed by atoms with Gasteiger partial charge in [0.05, 0.1) is 6.54 Å². The average molecular weight is 380 g/mol. The van der Waals surface area contributed by atoms with Gasteiger partial charge in [-0.15, -0.1) is 0 Å². The van der Waals surface area contributed by atoms with Gasteiger partial charge in [-0.1, -0.05) is 25.4 Å². The Morgan fingerprint density at radius 3 is 2.15 bits per heavy atom. The molecule has 2 rings (SSSR count). The zero-order chi connectivity index (χ0) is 19.1. The monoisotopic (exact) mass is 379 g/mol. The van der Waals surface area contributed by atoms with Crippen LogP contribution in [0.1, 0.15) is 26.7 Å². The normalized spacial score (nSPS) is 14.5. The lowest BCUT2D eigenvalue weighted by Crippen LogP contribution is -2.51. The third-order valence-electron chi connectivity index (χ3n) is 4.80. The highest BCUT2D eigenvalue weighted by molar-refractivity contribution is 6.37. The molecule has 0 bridgehead atoms. The molecule has 0 saturated carbocycles. The second-order valence-corrected chi connectivity index (χ2v) is 6.84. The minimum Gasteiger partial charge on any atom is -0.368 e. The van der Waals surface area contributed by atoms with Crippen LogP contribution in [0.4, 0.5) is 5.69 Å². The highest BCUT2D eigenvalue weighted by Crippen LogP contribution is 2.19.